The van der Waals surface area contributed by atoms with Crippen LogP contribution in [0.3, 0.4) is 0 Å². The van der Waals surface area contributed by atoms with Gasteiger partial charge in [0.05, 0.1) is 0 Å². The molecule has 0 aromatic rings. The van der Waals surface area contributed by atoms with Crippen molar-refractivity contribution in [2.45, 2.75) is 64.7 Å². The van der Waals surface area contributed by atoms with Crippen LogP contribution in [0.4, 0.5) is 0 Å². The first-order chi connectivity index (χ1) is 7.24. The van der Waals surface area contributed by atoms with Crippen LogP contribution in [0.15, 0.2) is 0 Å². The fraction of sp³-hybridized carbons (Fsp3) is 0.923. The molecule has 2 nitrogen and oxygen atoms in total. The van der Waals surface area contributed by atoms with Gasteiger partial charge in [-0.25, -0.2) is 0 Å². The van der Waals surface area contributed by atoms with Crippen LogP contribution in [0.1, 0.15) is 64.7 Å². The standard InChI is InChI=1S/C13H24O2.Na/c1-2-6-12(13(14)15)10-9-11-7-4-3-5-8-11;/h11-12H,2-10H2,1H3,(H,14,15);/q;+1/p-1. The van der Waals surface area contributed by atoms with Gasteiger partial charge in [0.2, 0.25) is 0 Å². The fourth-order valence-corrected chi connectivity index (χ4v) is 2.64. The normalized spacial score (nSPS) is 18.8. The van der Waals surface area contributed by atoms with E-state index in [0.717, 1.165) is 31.6 Å². The van der Waals surface area contributed by atoms with Gasteiger partial charge in [0.1, 0.15) is 0 Å². The molecule has 0 aliphatic heterocycles. The molecule has 1 fully saturated rings. The number of carboxylic acids is 1. The van der Waals surface area contributed by atoms with E-state index in [0.29, 0.717) is 0 Å². The van der Waals surface area contributed by atoms with Gasteiger partial charge in [-0.2, -0.15) is 0 Å². The zero-order chi connectivity index (χ0) is 11.1. The number of carbonyl (C=O) groups excluding carboxylic acids is 1. The van der Waals surface area contributed by atoms with Gasteiger partial charge in [-0.3, -0.25) is 0 Å². The molecule has 1 rings (SSSR count). The molecule has 88 valence electrons. The first kappa shape index (κ1) is 16.5. The summed E-state index contributed by atoms with van der Waals surface area (Å²) in [6.07, 6.45) is 10.3. The van der Waals surface area contributed by atoms with Gasteiger partial charge in [0, 0.05) is 5.97 Å². The third-order valence-electron chi connectivity index (χ3n) is 3.62. The summed E-state index contributed by atoms with van der Waals surface area (Å²) in [6.45, 7) is 2.04. The van der Waals surface area contributed by atoms with Crippen molar-refractivity contribution in [3.05, 3.63) is 0 Å². The first-order valence-corrected chi connectivity index (χ1v) is 6.45. The molecule has 0 radical (unpaired) electrons. The van der Waals surface area contributed by atoms with Crippen molar-refractivity contribution in [3.8, 4) is 0 Å². The summed E-state index contributed by atoms with van der Waals surface area (Å²) in [7, 11) is 0. The average molecular weight is 234 g/mol. The maximum Gasteiger partial charge on any atom is 1.00 e. The molecule has 0 saturated heterocycles. The Morgan fingerprint density at radius 1 is 1.25 bits per heavy atom. The molecule has 0 N–H and O–H groups in total. The van der Waals surface area contributed by atoms with Crippen molar-refractivity contribution in [1.82, 2.24) is 0 Å². The summed E-state index contributed by atoms with van der Waals surface area (Å²) in [5.74, 6) is -0.248. The monoisotopic (exact) mass is 234 g/mol. The summed E-state index contributed by atoms with van der Waals surface area (Å²) in [6, 6.07) is 0. The zero-order valence-corrected chi connectivity index (χ0v) is 12.8. The Kier molecular flexibility index (Phi) is 9.77. The molecule has 0 aromatic carbocycles. The Bertz CT molecular complexity index is 188. The largest absolute Gasteiger partial charge is 1.00 e. The van der Waals surface area contributed by atoms with Crippen molar-refractivity contribution in [2.75, 3.05) is 0 Å². The van der Waals surface area contributed by atoms with Crippen LogP contribution < -0.4 is 34.7 Å². The molecule has 1 aliphatic rings. The van der Waals surface area contributed by atoms with Gasteiger partial charge in [-0.1, -0.05) is 45.4 Å². The predicted molar refractivity (Wildman–Crippen MR) is 59.2 cm³/mol. The molecule has 1 saturated carbocycles. The van der Waals surface area contributed by atoms with E-state index in [1.54, 1.807) is 0 Å². The molecule has 0 amide bonds. The molecule has 0 aromatic heterocycles. The van der Waals surface area contributed by atoms with Gasteiger partial charge in [-0.15, -0.1) is 0 Å². The van der Waals surface area contributed by atoms with Crippen LogP contribution in [0, 0.1) is 11.8 Å². The van der Waals surface area contributed by atoms with Crippen LogP contribution in [0.25, 0.3) is 0 Å². The zero-order valence-electron chi connectivity index (χ0n) is 10.8. The molecule has 1 unspecified atom stereocenters. The van der Waals surface area contributed by atoms with Gasteiger partial charge in [0.15, 0.2) is 0 Å². The van der Waals surface area contributed by atoms with Gasteiger partial charge < -0.3 is 9.90 Å². The number of rotatable bonds is 6. The van der Waals surface area contributed by atoms with Crippen LogP contribution in [-0.2, 0) is 4.79 Å². The van der Waals surface area contributed by atoms with Crippen LogP contribution in [0.2, 0.25) is 0 Å². The Morgan fingerprint density at radius 3 is 2.38 bits per heavy atom. The average Bonchev–Trinajstić information content (AvgIpc) is 2.25. The molecule has 0 heterocycles. The van der Waals surface area contributed by atoms with Crippen LogP contribution in [0.5, 0.6) is 0 Å². The molecule has 3 heteroatoms. The fourth-order valence-electron chi connectivity index (χ4n) is 2.64. The smallest absolute Gasteiger partial charge is 0.550 e. The second-order valence-corrected chi connectivity index (χ2v) is 4.89. The van der Waals surface area contributed by atoms with Crippen molar-refractivity contribution in [1.29, 1.82) is 0 Å². The third kappa shape index (κ3) is 6.27. The second kappa shape index (κ2) is 9.49. The summed E-state index contributed by atoms with van der Waals surface area (Å²) in [5.41, 5.74) is 0. The summed E-state index contributed by atoms with van der Waals surface area (Å²) in [5, 5.41) is 10.9. The van der Waals surface area contributed by atoms with Crippen molar-refractivity contribution >= 4 is 5.97 Å². The Morgan fingerprint density at radius 2 is 1.88 bits per heavy atom. The topological polar surface area (TPSA) is 40.1 Å². The van der Waals surface area contributed by atoms with E-state index in [1.807, 2.05) is 6.92 Å². The Labute approximate surface area is 121 Å². The van der Waals surface area contributed by atoms with E-state index in [2.05, 4.69) is 0 Å². The molecule has 16 heavy (non-hydrogen) atoms. The van der Waals surface area contributed by atoms with E-state index in [-0.39, 0.29) is 35.5 Å². The third-order valence-corrected chi connectivity index (χ3v) is 3.62. The molecule has 1 aliphatic carbocycles. The van der Waals surface area contributed by atoms with E-state index in [1.165, 1.54) is 32.1 Å². The SMILES string of the molecule is CCCC(CCC1CCCCC1)C(=O)[O-].[Na+]. The maximum absolute atomic E-state index is 10.9. The number of hydrogen-bond acceptors (Lipinski definition) is 2. The number of hydrogen-bond donors (Lipinski definition) is 0. The minimum atomic E-state index is -0.840. The minimum Gasteiger partial charge on any atom is -0.550 e. The Balaban J connectivity index is 0.00000225. The number of carboxylic acid groups (broad SMARTS) is 1. The molecule has 0 spiro atoms. The molecular formula is C13H23NaO2. The summed E-state index contributed by atoms with van der Waals surface area (Å²) >= 11 is 0. The van der Waals surface area contributed by atoms with Crippen LogP contribution >= 0.6 is 0 Å². The van der Waals surface area contributed by atoms with Crippen molar-refractivity contribution < 1.29 is 39.5 Å². The van der Waals surface area contributed by atoms with Gasteiger partial charge >= 0.3 is 29.6 Å². The Hall–Kier alpha value is 0.470. The second-order valence-electron chi connectivity index (χ2n) is 4.89. The van der Waals surface area contributed by atoms with Gasteiger partial charge in [-0.05, 0) is 31.1 Å². The van der Waals surface area contributed by atoms with Crippen molar-refractivity contribution in [3.63, 3.8) is 0 Å². The van der Waals surface area contributed by atoms with E-state index >= 15 is 0 Å². The minimum absolute atomic E-state index is 0. The van der Waals surface area contributed by atoms with Crippen LogP contribution in [-0.4, -0.2) is 5.97 Å². The van der Waals surface area contributed by atoms with E-state index in [4.69, 9.17) is 0 Å². The molecule has 1 atom stereocenters. The summed E-state index contributed by atoms with van der Waals surface area (Å²) in [4.78, 5) is 10.9. The quantitative estimate of drug-likeness (QED) is 0.582. The maximum atomic E-state index is 10.9. The van der Waals surface area contributed by atoms with Crippen molar-refractivity contribution in [2.24, 2.45) is 11.8 Å². The summed E-state index contributed by atoms with van der Waals surface area (Å²) < 4.78 is 0. The number of carbonyl (C=O) groups is 1. The van der Waals surface area contributed by atoms with Gasteiger partial charge in [0.25, 0.3) is 0 Å². The first-order valence-electron chi connectivity index (χ1n) is 6.45. The molecular weight excluding hydrogens is 211 g/mol. The molecule has 0 bridgehead atoms. The van der Waals surface area contributed by atoms with E-state index < -0.39 is 5.97 Å². The van der Waals surface area contributed by atoms with E-state index in [9.17, 15) is 9.90 Å². The predicted octanol–water partition coefficient (Wildman–Crippen LogP) is -0.483. The number of aliphatic carboxylic acids is 1.